The minimum atomic E-state index is -0.309. The number of nitrogens with zero attached hydrogens (tertiary/aromatic N) is 5. The van der Waals surface area contributed by atoms with Crippen molar-refractivity contribution in [3.05, 3.63) is 93.7 Å². The van der Waals surface area contributed by atoms with Gasteiger partial charge in [-0.25, -0.2) is 5.01 Å². The molecule has 8 nitrogen and oxygen atoms in total. The molecule has 0 bridgehead atoms. The summed E-state index contributed by atoms with van der Waals surface area (Å²) in [5.74, 6) is -0.544. The summed E-state index contributed by atoms with van der Waals surface area (Å²) in [4.78, 5) is 31.4. The van der Waals surface area contributed by atoms with Crippen LogP contribution in [0.15, 0.2) is 72.0 Å². The molecule has 2 amide bonds. The number of morpholine rings is 1. The van der Waals surface area contributed by atoms with Crippen LogP contribution in [0.2, 0.25) is 10.0 Å². The van der Waals surface area contributed by atoms with Crippen molar-refractivity contribution in [1.29, 1.82) is 0 Å². The third-order valence-electron chi connectivity index (χ3n) is 7.17. The number of carbonyl (C=O) groups is 2. The second-order valence-electron chi connectivity index (χ2n) is 9.72. The van der Waals surface area contributed by atoms with Crippen LogP contribution in [0.4, 0.5) is 0 Å². The van der Waals surface area contributed by atoms with Crippen molar-refractivity contribution < 1.29 is 14.3 Å². The molecule has 2 aliphatic heterocycles. The Morgan fingerprint density at radius 1 is 1.03 bits per heavy atom. The summed E-state index contributed by atoms with van der Waals surface area (Å²) in [6, 6.07) is 18.0. The fraction of sp³-hybridized carbons (Fsp3) is 0.345. The zero-order valence-corrected chi connectivity index (χ0v) is 23.3. The topological polar surface area (TPSA) is 70.4 Å². The smallest absolute Gasteiger partial charge is 0.262 e. The number of rotatable bonds is 8. The number of hydrazone groups is 1. The Morgan fingerprint density at radius 3 is 2.46 bits per heavy atom. The van der Waals surface area contributed by atoms with Crippen molar-refractivity contribution >= 4 is 40.7 Å². The molecule has 5 rings (SSSR count). The van der Waals surface area contributed by atoms with Gasteiger partial charge in [-0.3, -0.25) is 14.5 Å². The van der Waals surface area contributed by atoms with Crippen molar-refractivity contribution in [2.24, 2.45) is 12.1 Å². The highest BCUT2D eigenvalue weighted by molar-refractivity contribution is 6.33. The van der Waals surface area contributed by atoms with Gasteiger partial charge in [-0.15, -0.1) is 0 Å². The van der Waals surface area contributed by atoms with Gasteiger partial charge in [0.1, 0.15) is 6.54 Å². The molecule has 1 aromatic heterocycles. The Balaban J connectivity index is 1.41. The highest BCUT2D eigenvalue weighted by atomic mass is 35.5. The summed E-state index contributed by atoms with van der Waals surface area (Å²) < 4.78 is 7.44. The van der Waals surface area contributed by atoms with E-state index in [-0.39, 0.29) is 24.4 Å². The average molecular weight is 569 g/mol. The standard InChI is InChI=1S/C29H31Cl2N5O3/c1-33-12-4-7-26(33)25-19-27(21-8-10-22(30)11-9-21)36(32-25)28(37)20-35(14-13-34-15-17-39-18-16-34)29(38)23-5-2-3-6-24(23)31/h2-12,27H,13-20H2,1H3. The molecule has 0 saturated carbocycles. The molecule has 10 heteroatoms. The number of hydrogen-bond acceptors (Lipinski definition) is 5. The molecule has 1 saturated heterocycles. The van der Waals surface area contributed by atoms with Gasteiger partial charge in [0, 0.05) is 50.9 Å². The number of amides is 2. The van der Waals surface area contributed by atoms with Crippen LogP contribution >= 0.6 is 23.2 Å². The SMILES string of the molecule is Cn1cccc1C1=NN(C(=O)CN(CCN2CCOCC2)C(=O)c2ccccc2Cl)C(c2ccc(Cl)cc2)C1. The molecule has 204 valence electrons. The van der Waals surface area contributed by atoms with Crippen molar-refractivity contribution in [2.45, 2.75) is 12.5 Å². The first kappa shape index (κ1) is 27.4. The maximum atomic E-state index is 13.9. The monoisotopic (exact) mass is 567 g/mol. The predicted molar refractivity (Wildman–Crippen MR) is 152 cm³/mol. The minimum Gasteiger partial charge on any atom is -0.379 e. The lowest BCUT2D eigenvalue weighted by Gasteiger charge is -2.31. The number of benzene rings is 2. The van der Waals surface area contributed by atoms with Gasteiger partial charge in [0.15, 0.2) is 0 Å². The number of halogens is 2. The van der Waals surface area contributed by atoms with Crippen molar-refractivity contribution in [3.8, 4) is 0 Å². The van der Waals surface area contributed by atoms with Gasteiger partial charge < -0.3 is 14.2 Å². The lowest BCUT2D eigenvalue weighted by Crippen LogP contribution is -2.46. The van der Waals surface area contributed by atoms with Crippen molar-refractivity contribution in [3.63, 3.8) is 0 Å². The van der Waals surface area contributed by atoms with Crippen LogP contribution in [-0.2, 0) is 16.6 Å². The Hall–Kier alpha value is -3.17. The number of aryl methyl sites for hydroxylation is 1. The van der Waals surface area contributed by atoms with Gasteiger partial charge in [-0.2, -0.15) is 5.10 Å². The van der Waals surface area contributed by atoms with Crippen LogP contribution in [0.1, 0.15) is 34.1 Å². The summed E-state index contributed by atoms with van der Waals surface area (Å²) in [6.07, 6.45) is 2.51. The molecule has 2 aromatic carbocycles. The van der Waals surface area contributed by atoms with Crippen LogP contribution in [0.25, 0.3) is 0 Å². The molecule has 39 heavy (non-hydrogen) atoms. The van der Waals surface area contributed by atoms with E-state index in [9.17, 15) is 9.59 Å². The summed E-state index contributed by atoms with van der Waals surface area (Å²) in [6.45, 7) is 3.78. The van der Waals surface area contributed by atoms with Crippen LogP contribution in [-0.4, -0.2) is 82.8 Å². The maximum absolute atomic E-state index is 13.9. The van der Waals surface area contributed by atoms with Crippen molar-refractivity contribution in [1.82, 2.24) is 19.4 Å². The lowest BCUT2D eigenvalue weighted by atomic mass is 10.0. The zero-order chi connectivity index (χ0) is 27.4. The third kappa shape index (κ3) is 6.36. The van der Waals surface area contributed by atoms with Crippen LogP contribution in [0.3, 0.4) is 0 Å². The van der Waals surface area contributed by atoms with Gasteiger partial charge in [-0.1, -0.05) is 47.5 Å². The fourth-order valence-corrected chi connectivity index (χ4v) is 5.32. The summed E-state index contributed by atoms with van der Waals surface area (Å²) >= 11 is 12.5. The zero-order valence-electron chi connectivity index (χ0n) is 21.8. The molecule has 0 spiro atoms. The first-order chi connectivity index (χ1) is 18.9. The highest BCUT2D eigenvalue weighted by Crippen LogP contribution is 2.33. The molecule has 3 aromatic rings. The van der Waals surface area contributed by atoms with Gasteiger partial charge in [0.25, 0.3) is 11.8 Å². The van der Waals surface area contributed by atoms with E-state index in [1.54, 1.807) is 29.2 Å². The second kappa shape index (κ2) is 12.3. The molecule has 0 radical (unpaired) electrons. The third-order valence-corrected chi connectivity index (χ3v) is 7.75. The summed E-state index contributed by atoms with van der Waals surface area (Å²) in [7, 11) is 1.95. The van der Waals surface area contributed by atoms with Gasteiger partial charge in [0.05, 0.1) is 41.2 Å². The highest BCUT2D eigenvalue weighted by Gasteiger charge is 2.35. The summed E-state index contributed by atoms with van der Waals surface area (Å²) in [5.41, 5.74) is 3.06. The fourth-order valence-electron chi connectivity index (χ4n) is 4.98. The molecule has 2 aliphatic rings. The van der Waals surface area contributed by atoms with Crippen molar-refractivity contribution in [2.75, 3.05) is 45.9 Å². The van der Waals surface area contributed by atoms with E-state index in [1.807, 2.05) is 54.2 Å². The molecular weight excluding hydrogens is 537 g/mol. The largest absolute Gasteiger partial charge is 0.379 e. The van der Waals surface area contributed by atoms with E-state index in [0.29, 0.717) is 48.3 Å². The van der Waals surface area contributed by atoms with E-state index in [0.717, 1.165) is 30.1 Å². The molecule has 1 unspecified atom stereocenters. The van der Waals surface area contributed by atoms with Gasteiger partial charge in [-0.05, 0) is 42.0 Å². The molecule has 1 fully saturated rings. The van der Waals surface area contributed by atoms with Crippen LogP contribution in [0.5, 0.6) is 0 Å². The molecule has 1 atom stereocenters. The Kier molecular flexibility index (Phi) is 8.67. The molecule has 3 heterocycles. The van der Waals surface area contributed by atoms with Gasteiger partial charge >= 0.3 is 0 Å². The first-order valence-electron chi connectivity index (χ1n) is 13.0. The van der Waals surface area contributed by atoms with Crippen LogP contribution < -0.4 is 0 Å². The minimum absolute atomic E-state index is 0.123. The number of hydrogen-bond donors (Lipinski definition) is 0. The van der Waals surface area contributed by atoms with E-state index >= 15 is 0 Å². The van der Waals surface area contributed by atoms with E-state index in [2.05, 4.69) is 4.90 Å². The van der Waals surface area contributed by atoms with E-state index in [4.69, 9.17) is 33.0 Å². The Labute approximate surface area is 238 Å². The first-order valence-corrected chi connectivity index (χ1v) is 13.8. The Morgan fingerprint density at radius 2 is 1.77 bits per heavy atom. The van der Waals surface area contributed by atoms with Crippen LogP contribution in [0, 0.1) is 0 Å². The lowest BCUT2D eigenvalue weighted by molar-refractivity contribution is -0.133. The maximum Gasteiger partial charge on any atom is 0.262 e. The average Bonchev–Trinajstić information content (AvgIpc) is 3.58. The van der Waals surface area contributed by atoms with Gasteiger partial charge in [0.2, 0.25) is 0 Å². The molecule has 0 N–H and O–H groups in total. The summed E-state index contributed by atoms with van der Waals surface area (Å²) in [5, 5.41) is 7.28. The normalized spacial score (nSPS) is 17.8. The number of ether oxygens (including phenoxy) is 1. The molecule has 0 aliphatic carbocycles. The molecular formula is C29H31Cl2N5O3. The number of aromatic nitrogens is 1. The van der Waals surface area contributed by atoms with E-state index < -0.39 is 0 Å². The number of carbonyl (C=O) groups excluding carboxylic acids is 2. The second-order valence-corrected chi connectivity index (χ2v) is 10.6. The quantitative estimate of drug-likeness (QED) is 0.402. The predicted octanol–water partition coefficient (Wildman–Crippen LogP) is 4.48. The Bertz CT molecular complexity index is 1350. The van der Waals surface area contributed by atoms with E-state index in [1.165, 1.54) is 5.01 Å².